The molecule has 1 aliphatic rings. The molecule has 7 heteroatoms. The second-order valence-corrected chi connectivity index (χ2v) is 7.57. The van der Waals surface area contributed by atoms with Crippen molar-refractivity contribution in [3.8, 4) is 5.75 Å². The third kappa shape index (κ3) is 3.72. The molecule has 112 valence electrons. The molecule has 2 rings (SSSR count). The van der Waals surface area contributed by atoms with Crippen LogP contribution >= 0.6 is 15.9 Å². The number of nitrogens with two attached hydrogens (primary N) is 1. The van der Waals surface area contributed by atoms with Crippen molar-refractivity contribution in [2.75, 3.05) is 7.11 Å². The second kappa shape index (κ2) is 6.43. The molecule has 0 atom stereocenters. The summed E-state index contributed by atoms with van der Waals surface area (Å²) in [6, 6.07) is 4.98. The Morgan fingerprint density at radius 2 is 1.95 bits per heavy atom. The molecule has 0 amide bonds. The van der Waals surface area contributed by atoms with Crippen LogP contribution in [0.4, 0.5) is 0 Å². The fraction of sp³-hybridized carbons (Fsp3) is 0.538. The third-order valence-corrected chi connectivity index (χ3v) is 6.02. The molecule has 1 aromatic rings. The highest BCUT2D eigenvalue weighted by Crippen LogP contribution is 2.27. The van der Waals surface area contributed by atoms with Crippen molar-refractivity contribution in [1.82, 2.24) is 4.72 Å². The van der Waals surface area contributed by atoms with Crippen molar-refractivity contribution >= 4 is 26.0 Å². The quantitative estimate of drug-likeness (QED) is 0.858. The number of methoxy groups -OCH3 is 1. The van der Waals surface area contributed by atoms with Gasteiger partial charge in [-0.25, -0.2) is 13.1 Å². The van der Waals surface area contributed by atoms with Gasteiger partial charge in [0.2, 0.25) is 10.0 Å². The first-order chi connectivity index (χ1) is 9.42. The van der Waals surface area contributed by atoms with Crippen molar-refractivity contribution in [3.63, 3.8) is 0 Å². The average Bonchev–Trinajstić information content (AvgIpc) is 2.40. The van der Waals surface area contributed by atoms with Crippen LogP contribution in [0.5, 0.6) is 5.75 Å². The van der Waals surface area contributed by atoms with E-state index in [9.17, 15) is 8.42 Å². The van der Waals surface area contributed by atoms with E-state index in [1.807, 2.05) is 0 Å². The summed E-state index contributed by atoms with van der Waals surface area (Å²) >= 11 is 3.28. The summed E-state index contributed by atoms with van der Waals surface area (Å²) < 4.78 is 33.1. The molecule has 5 nitrogen and oxygen atoms in total. The summed E-state index contributed by atoms with van der Waals surface area (Å²) in [7, 11) is -1.99. The highest BCUT2D eigenvalue weighted by molar-refractivity contribution is 9.10. The maximum atomic E-state index is 12.4. The Balaban J connectivity index is 2.14. The zero-order valence-electron chi connectivity index (χ0n) is 11.3. The van der Waals surface area contributed by atoms with Crippen molar-refractivity contribution in [3.05, 3.63) is 22.7 Å². The number of rotatable bonds is 4. The molecule has 0 heterocycles. The molecule has 0 spiro atoms. The Hall–Kier alpha value is -0.630. The van der Waals surface area contributed by atoms with E-state index < -0.39 is 10.0 Å². The smallest absolute Gasteiger partial charge is 0.241 e. The Morgan fingerprint density at radius 3 is 2.50 bits per heavy atom. The Morgan fingerprint density at radius 1 is 1.30 bits per heavy atom. The molecule has 20 heavy (non-hydrogen) atoms. The molecule has 0 aromatic heterocycles. The first-order valence-corrected chi connectivity index (χ1v) is 8.81. The van der Waals surface area contributed by atoms with Crippen molar-refractivity contribution in [2.24, 2.45) is 5.73 Å². The molecule has 1 aliphatic carbocycles. The summed E-state index contributed by atoms with van der Waals surface area (Å²) in [6.45, 7) is 0. The summed E-state index contributed by atoms with van der Waals surface area (Å²) in [5, 5.41) is 0. The van der Waals surface area contributed by atoms with Crippen LogP contribution in [0.1, 0.15) is 25.7 Å². The molecule has 0 radical (unpaired) electrons. The van der Waals surface area contributed by atoms with Gasteiger partial charge in [-0.05, 0) is 59.8 Å². The van der Waals surface area contributed by atoms with Crippen LogP contribution in [0.2, 0.25) is 0 Å². The van der Waals surface area contributed by atoms with Gasteiger partial charge in [-0.2, -0.15) is 0 Å². The molecule has 0 unspecified atom stereocenters. The molecule has 1 fully saturated rings. The minimum atomic E-state index is -3.53. The maximum absolute atomic E-state index is 12.4. The molecule has 3 N–H and O–H groups in total. The molecule has 0 bridgehead atoms. The van der Waals surface area contributed by atoms with E-state index in [0.717, 1.165) is 25.7 Å². The standard InChI is InChI=1S/C13H19BrN2O3S/c1-19-11-6-7-13(12(14)8-11)20(17,18)16-10-4-2-9(15)3-5-10/h6-10,16H,2-5,15H2,1H3. The highest BCUT2D eigenvalue weighted by Gasteiger charge is 2.25. The summed E-state index contributed by atoms with van der Waals surface area (Å²) in [6.07, 6.45) is 3.29. The molecule has 0 saturated heterocycles. The Kier molecular flexibility index (Phi) is 5.06. The number of nitrogens with one attached hydrogen (secondary N) is 1. The van der Waals surface area contributed by atoms with Gasteiger partial charge in [-0.15, -0.1) is 0 Å². The summed E-state index contributed by atoms with van der Waals surface area (Å²) in [4.78, 5) is 0.230. The number of benzene rings is 1. The van der Waals surface area contributed by atoms with Crippen molar-refractivity contribution < 1.29 is 13.2 Å². The molecular formula is C13H19BrN2O3S. The van der Waals surface area contributed by atoms with Gasteiger partial charge in [0.25, 0.3) is 0 Å². The minimum Gasteiger partial charge on any atom is -0.497 e. The zero-order chi connectivity index (χ0) is 14.8. The summed E-state index contributed by atoms with van der Waals surface area (Å²) in [5.74, 6) is 0.611. The van der Waals surface area contributed by atoms with Crippen molar-refractivity contribution in [1.29, 1.82) is 0 Å². The van der Waals surface area contributed by atoms with E-state index in [2.05, 4.69) is 20.7 Å². The maximum Gasteiger partial charge on any atom is 0.241 e. The predicted molar refractivity (Wildman–Crippen MR) is 81.2 cm³/mol. The second-order valence-electron chi connectivity index (χ2n) is 5.03. The van der Waals surface area contributed by atoms with Gasteiger partial charge in [-0.1, -0.05) is 0 Å². The van der Waals surface area contributed by atoms with E-state index in [1.165, 1.54) is 0 Å². The average molecular weight is 363 g/mol. The number of halogens is 1. The van der Waals surface area contributed by atoms with E-state index in [4.69, 9.17) is 10.5 Å². The minimum absolute atomic E-state index is 0.0335. The first-order valence-electron chi connectivity index (χ1n) is 6.54. The number of hydrogen-bond acceptors (Lipinski definition) is 4. The number of hydrogen-bond donors (Lipinski definition) is 2. The molecule has 1 aromatic carbocycles. The lowest BCUT2D eigenvalue weighted by Gasteiger charge is -2.26. The van der Waals surface area contributed by atoms with Crippen LogP contribution in [0, 0.1) is 0 Å². The third-order valence-electron chi connectivity index (χ3n) is 3.52. The van der Waals surface area contributed by atoms with Crippen molar-refractivity contribution in [2.45, 2.75) is 42.7 Å². The van der Waals surface area contributed by atoms with Gasteiger partial charge in [0.1, 0.15) is 5.75 Å². The van der Waals surface area contributed by atoms with E-state index in [-0.39, 0.29) is 17.0 Å². The van der Waals surface area contributed by atoms with Crippen LogP contribution in [-0.2, 0) is 10.0 Å². The normalized spacial score (nSPS) is 23.6. The van der Waals surface area contributed by atoms with Gasteiger partial charge in [0, 0.05) is 16.6 Å². The van der Waals surface area contributed by atoms with Gasteiger partial charge in [0.15, 0.2) is 0 Å². The first kappa shape index (κ1) is 15.8. The van der Waals surface area contributed by atoms with E-state index >= 15 is 0 Å². The number of ether oxygens (including phenoxy) is 1. The van der Waals surface area contributed by atoms with Crippen LogP contribution in [0.3, 0.4) is 0 Å². The lowest BCUT2D eigenvalue weighted by atomic mass is 9.93. The van der Waals surface area contributed by atoms with E-state index in [0.29, 0.717) is 10.2 Å². The van der Waals surface area contributed by atoms with Crippen LogP contribution in [0.15, 0.2) is 27.6 Å². The lowest BCUT2D eigenvalue weighted by molar-refractivity contribution is 0.373. The number of sulfonamides is 1. The Bertz CT molecular complexity index is 569. The fourth-order valence-electron chi connectivity index (χ4n) is 2.35. The monoisotopic (exact) mass is 362 g/mol. The van der Waals surface area contributed by atoms with Crippen LogP contribution in [-0.4, -0.2) is 27.6 Å². The Labute approximate surface area is 128 Å². The summed E-state index contributed by atoms with van der Waals surface area (Å²) in [5.41, 5.74) is 5.83. The van der Waals surface area contributed by atoms with E-state index in [1.54, 1.807) is 25.3 Å². The van der Waals surface area contributed by atoms with Crippen LogP contribution in [0.25, 0.3) is 0 Å². The van der Waals surface area contributed by atoms with Gasteiger partial charge < -0.3 is 10.5 Å². The topological polar surface area (TPSA) is 81.4 Å². The fourth-order valence-corrected chi connectivity index (χ4v) is 4.71. The lowest BCUT2D eigenvalue weighted by Crippen LogP contribution is -2.40. The molecule has 1 saturated carbocycles. The molecular weight excluding hydrogens is 344 g/mol. The zero-order valence-corrected chi connectivity index (χ0v) is 13.7. The molecule has 0 aliphatic heterocycles. The van der Waals surface area contributed by atoms with Gasteiger partial charge >= 0.3 is 0 Å². The predicted octanol–water partition coefficient (Wildman–Crippen LogP) is 2.01. The van der Waals surface area contributed by atoms with Crippen LogP contribution < -0.4 is 15.2 Å². The van der Waals surface area contributed by atoms with Gasteiger partial charge in [-0.3, -0.25) is 0 Å². The SMILES string of the molecule is COc1ccc(S(=O)(=O)NC2CCC(N)CC2)c(Br)c1. The largest absolute Gasteiger partial charge is 0.497 e. The van der Waals surface area contributed by atoms with Gasteiger partial charge in [0.05, 0.1) is 12.0 Å². The highest BCUT2D eigenvalue weighted by atomic mass is 79.9.